The van der Waals surface area contributed by atoms with Crippen LogP contribution in [0, 0.1) is 6.92 Å². The fourth-order valence-corrected chi connectivity index (χ4v) is 0.945. The van der Waals surface area contributed by atoms with Gasteiger partial charge in [-0.15, -0.1) is 5.10 Å². The minimum atomic E-state index is 0.507. The molecule has 0 atom stereocenters. The molecule has 0 bridgehead atoms. The summed E-state index contributed by atoms with van der Waals surface area (Å²) in [4.78, 5) is 0. The normalized spacial score (nSPS) is 10.5. The molecule has 0 saturated carbocycles. The monoisotopic (exact) mass is 170 g/mol. The summed E-state index contributed by atoms with van der Waals surface area (Å²) in [6.07, 6.45) is 0.931. The third kappa shape index (κ3) is 1.94. The Labute approximate surface area is 71.5 Å². The summed E-state index contributed by atoms with van der Waals surface area (Å²) < 4.78 is 6.70. The number of aryl methyl sites for hydroxylation is 1. The molecule has 5 nitrogen and oxygen atoms in total. The van der Waals surface area contributed by atoms with E-state index in [2.05, 4.69) is 10.3 Å². The molecule has 0 fully saturated rings. The lowest BCUT2D eigenvalue weighted by atomic mass is 10.4. The van der Waals surface area contributed by atoms with E-state index in [9.17, 15) is 0 Å². The number of ether oxygens (including phenoxy) is 1. The lowest BCUT2D eigenvalue weighted by molar-refractivity contribution is 0.188. The summed E-state index contributed by atoms with van der Waals surface area (Å²) >= 11 is 0. The molecule has 0 radical (unpaired) electrons. The van der Waals surface area contributed by atoms with Gasteiger partial charge in [0.2, 0.25) is 0 Å². The van der Waals surface area contributed by atoms with Gasteiger partial charge >= 0.3 is 0 Å². The first-order valence-electron chi connectivity index (χ1n) is 3.90. The second-order valence-electron chi connectivity index (χ2n) is 2.63. The Kier molecular flexibility index (Phi) is 3.04. The van der Waals surface area contributed by atoms with E-state index < -0.39 is 0 Å². The Bertz CT molecular complexity index is 246. The molecule has 1 rings (SSSR count). The van der Waals surface area contributed by atoms with Crippen LogP contribution >= 0.6 is 0 Å². The molecule has 12 heavy (non-hydrogen) atoms. The van der Waals surface area contributed by atoms with Gasteiger partial charge in [0.25, 0.3) is 0 Å². The number of nitrogens with two attached hydrogens (primary N) is 1. The van der Waals surface area contributed by atoms with E-state index >= 15 is 0 Å². The largest absolute Gasteiger partial charge is 0.385 e. The van der Waals surface area contributed by atoms with E-state index in [1.807, 2.05) is 6.92 Å². The van der Waals surface area contributed by atoms with E-state index in [1.165, 1.54) is 0 Å². The molecule has 0 aliphatic heterocycles. The van der Waals surface area contributed by atoms with Crippen LogP contribution in [0.1, 0.15) is 12.1 Å². The Hall–Kier alpha value is -1.10. The van der Waals surface area contributed by atoms with Crippen LogP contribution in [0.4, 0.5) is 5.82 Å². The van der Waals surface area contributed by atoms with Gasteiger partial charge in [-0.05, 0) is 13.3 Å². The van der Waals surface area contributed by atoms with Crippen LogP contribution < -0.4 is 5.73 Å². The van der Waals surface area contributed by atoms with Crippen LogP contribution in [0.5, 0.6) is 0 Å². The molecular formula is C7H14N4O. The van der Waals surface area contributed by atoms with Crippen molar-refractivity contribution in [2.45, 2.75) is 19.9 Å². The van der Waals surface area contributed by atoms with Gasteiger partial charge < -0.3 is 10.5 Å². The van der Waals surface area contributed by atoms with Crippen LogP contribution in [0.2, 0.25) is 0 Å². The zero-order chi connectivity index (χ0) is 8.97. The number of rotatable bonds is 4. The van der Waals surface area contributed by atoms with Crippen LogP contribution in [-0.2, 0) is 11.3 Å². The highest BCUT2D eigenvalue weighted by Gasteiger charge is 2.02. The van der Waals surface area contributed by atoms with Gasteiger partial charge in [0.1, 0.15) is 0 Å². The summed E-state index contributed by atoms with van der Waals surface area (Å²) in [7, 11) is 1.68. The zero-order valence-electron chi connectivity index (χ0n) is 7.45. The zero-order valence-corrected chi connectivity index (χ0v) is 7.45. The summed E-state index contributed by atoms with van der Waals surface area (Å²) in [5.41, 5.74) is 6.44. The molecule has 0 unspecified atom stereocenters. The number of methoxy groups -OCH3 is 1. The number of anilines is 1. The smallest absolute Gasteiger partial charge is 0.168 e. The summed E-state index contributed by atoms with van der Waals surface area (Å²) in [5.74, 6) is 0.507. The van der Waals surface area contributed by atoms with Gasteiger partial charge in [-0.25, -0.2) is 4.68 Å². The molecule has 1 heterocycles. The van der Waals surface area contributed by atoms with Crippen molar-refractivity contribution in [1.29, 1.82) is 0 Å². The van der Waals surface area contributed by atoms with E-state index in [1.54, 1.807) is 11.8 Å². The van der Waals surface area contributed by atoms with Crippen molar-refractivity contribution in [3.8, 4) is 0 Å². The first kappa shape index (κ1) is 8.99. The average molecular weight is 170 g/mol. The van der Waals surface area contributed by atoms with Crippen molar-refractivity contribution >= 4 is 5.82 Å². The van der Waals surface area contributed by atoms with Crippen LogP contribution in [0.25, 0.3) is 0 Å². The lowest BCUT2D eigenvalue weighted by Gasteiger charge is -2.01. The lowest BCUT2D eigenvalue weighted by Crippen LogP contribution is -2.05. The van der Waals surface area contributed by atoms with Crippen molar-refractivity contribution in [1.82, 2.24) is 15.0 Å². The molecule has 68 valence electrons. The van der Waals surface area contributed by atoms with Crippen LogP contribution in [0.15, 0.2) is 0 Å². The maximum Gasteiger partial charge on any atom is 0.168 e. The predicted molar refractivity (Wildman–Crippen MR) is 45.7 cm³/mol. The minimum Gasteiger partial charge on any atom is -0.385 e. The fraction of sp³-hybridized carbons (Fsp3) is 0.714. The van der Waals surface area contributed by atoms with Gasteiger partial charge in [0.15, 0.2) is 5.82 Å². The van der Waals surface area contributed by atoms with Crippen molar-refractivity contribution in [2.75, 3.05) is 19.5 Å². The highest BCUT2D eigenvalue weighted by atomic mass is 16.5. The average Bonchev–Trinajstić information content (AvgIpc) is 2.36. The van der Waals surface area contributed by atoms with E-state index in [0.717, 1.165) is 25.3 Å². The Morgan fingerprint density at radius 3 is 2.83 bits per heavy atom. The van der Waals surface area contributed by atoms with Gasteiger partial charge in [0, 0.05) is 20.3 Å². The maximum atomic E-state index is 5.52. The molecule has 0 amide bonds. The van der Waals surface area contributed by atoms with Gasteiger partial charge in [-0.2, -0.15) is 0 Å². The molecule has 0 aromatic carbocycles. The third-order valence-electron chi connectivity index (χ3n) is 1.74. The van der Waals surface area contributed by atoms with E-state index in [-0.39, 0.29) is 0 Å². The standard InChI is InChI=1S/C7H14N4O/c1-6-7(8)9-10-11(6)4-3-5-12-2/h3-5,8H2,1-2H3. The first-order chi connectivity index (χ1) is 5.75. The molecule has 1 aromatic heterocycles. The molecule has 2 N–H and O–H groups in total. The summed E-state index contributed by atoms with van der Waals surface area (Å²) in [6.45, 7) is 3.45. The van der Waals surface area contributed by atoms with Gasteiger partial charge in [-0.1, -0.05) is 5.21 Å². The van der Waals surface area contributed by atoms with Crippen molar-refractivity contribution in [2.24, 2.45) is 0 Å². The second kappa shape index (κ2) is 4.06. The molecule has 0 saturated heterocycles. The summed E-state index contributed by atoms with van der Waals surface area (Å²) in [6, 6.07) is 0. The Morgan fingerprint density at radius 1 is 1.58 bits per heavy atom. The maximum absolute atomic E-state index is 5.52. The number of nitrogen functional groups attached to an aromatic ring is 1. The quantitative estimate of drug-likeness (QED) is 0.656. The first-order valence-corrected chi connectivity index (χ1v) is 3.90. The van der Waals surface area contributed by atoms with Gasteiger partial charge in [-0.3, -0.25) is 0 Å². The van der Waals surface area contributed by atoms with E-state index in [4.69, 9.17) is 10.5 Å². The Balaban J connectivity index is 2.46. The number of hydrogen-bond donors (Lipinski definition) is 1. The Morgan fingerprint density at radius 2 is 2.33 bits per heavy atom. The van der Waals surface area contributed by atoms with Crippen molar-refractivity contribution in [3.05, 3.63) is 5.69 Å². The van der Waals surface area contributed by atoms with Crippen LogP contribution in [0.3, 0.4) is 0 Å². The SMILES string of the molecule is COCCCn1nnc(N)c1C. The van der Waals surface area contributed by atoms with E-state index in [0.29, 0.717) is 5.82 Å². The van der Waals surface area contributed by atoms with Crippen LogP contribution in [-0.4, -0.2) is 28.7 Å². The molecule has 5 heteroatoms. The summed E-state index contributed by atoms with van der Waals surface area (Å²) in [5, 5.41) is 7.62. The topological polar surface area (TPSA) is 66.0 Å². The molecule has 1 aromatic rings. The third-order valence-corrected chi connectivity index (χ3v) is 1.74. The fourth-order valence-electron chi connectivity index (χ4n) is 0.945. The molecule has 0 spiro atoms. The number of hydrogen-bond acceptors (Lipinski definition) is 4. The van der Waals surface area contributed by atoms with Crippen molar-refractivity contribution in [3.63, 3.8) is 0 Å². The molecular weight excluding hydrogens is 156 g/mol. The molecule has 0 aliphatic rings. The van der Waals surface area contributed by atoms with Crippen molar-refractivity contribution < 1.29 is 4.74 Å². The highest BCUT2D eigenvalue weighted by Crippen LogP contribution is 2.04. The molecule has 0 aliphatic carbocycles. The minimum absolute atomic E-state index is 0.507. The number of nitrogens with zero attached hydrogens (tertiary/aromatic N) is 3. The predicted octanol–water partition coefficient (Wildman–Crippen LogP) is 0.205. The number of aromatic nitrogens is 3. The van der Waals surface area contributed by atoms with Gasteiger partial charge in [0.05, 0.1) is 5.69 Å². The second-order valence-corrected chi connectivity index (χ2v) is 2.63. The highest BCUT2D eigenvalue weighted by molar-refractivity contribution is 5.30.